The summed E-state index contributed by atoms with van der Waals surface area (Å²) in [4.78, 5) is 14.4. The topological polar surface area (TPSA) is 60.0 Å². The number of hydrogen-bond acceptors (Lipinski definition) is 5. The van der Waals surface area contributed by atoms with Crippen molar-refractivity contribution in [2.45, 2.75) is 26.4 Å². The maximum Gasteiger partial charge on any atom is 0.234 e. The Balaban J connectivity index is 1.92. The van der Waals surface area contributed by atoms with E-state index in [0.29, 0.717) is 19.7 Å². The van der Waals surface area contributed by atoms with E-state index in [1.165, 1.54) is 0 Å². The Morgan fingerprint density at radius 3 is 2.36 bits per heavy atom. The molecule has 2 rings (SSSR count). The second-order valence-corrected chi connectivity index (χ2v) is 6.65. The molecule has 28 heavy (non-hydrogen) atoms. The van der Waals surface area contributed by atoms with Gasteiger partial charge in [-0.25, -0.2) is 0 Å². The Hall–Kier alpha value is -2.73. The molecule has 0 heterocycles. The highest BCUT2D eigenvalue weighted by molar-refractivity contribution is 5.78. The van der Waals surface area contributed by atoms with Crippen molar-refractivity contribution in [2.24, 2.45) is 0 Å². The largest absolute Gasteiger partial charge is 0.497 e. The summed E-state index contributed by atoms with van der Waals surface area (Å²) >= 11 is 0. The molecule has 0 aliphatic heterocycles. The molecule has 0 aromatic heterocycles. The van der Waals surface area contributed by atoms with Crippen LogP contribution in [0.3, 0.4) is 0 Å². The van der Waals surface area contributed by atoms with E-state index in [9.17, 15) is 4.79 Å². The zero-order chi connectivity index (χ0) is 20.5. The molecule has 2 aromatic rings. The Morgan fingerprint density at radius 2 is 1.75 bits per heavy atom. The lowest BCUT2D eigenvalue weighted by Gasteiger charge is -2.21. The van der Waals surface area contributed by atoms with Gasteiger partial charge < -0.3 is 19.5 Å². The summed E-state index contributed by atoms with van der Waals surface area (Å²) < 4.78 is 16.1. The molecule has 1 N–H and O–H groups in total. The van der Waals surface area contributed by atoms with Gasteiger partial charge in [0.05, 0.1) is 33.4 Å². The normalized spacial score (nSPS) is 11.8. The predicted octanol–water partition coefficient (Wildman–Crippen LogP) is 3.41. The van der Waals surface area contributed by atoms with E-state index in [-0.39, 0.29) is 11.9 Å². The van der Waals surface area contributed by atoms with E-state index >= 15 is 0 Å². The first kappa shape index (κ1) is 21.6. The number of amides is 1. The first-order chi connectivity index (χ1) is 13.5. The van der Waals surface area contributed by atoms with Crippen LogP contribution in [0.5, 0.6) is 17.2 Å². The molecule has 1 amide bonds. The van der Waals surface area contributed by atoms with Gasteiger partial charge in [-0.15, -0.1) is 0 Å². The van der Waals surface area contributed by atoms with Crippen LogP contribution >= 0.6 is 0 Å². The predicted molar refractivity (Wildman–Crippen MR) is 110 cm³/mol. The lowest BCUT2D eigenvalue weighted by molar-refractivity contribution is -0.122. The van der Waals surface area contributed by atoms with Gasteiger partial charge in [0.25, 0.3) is 0 Å². The van der Waals surface area contributed by atoms with Gasteiger partial charge in [-0.05, 0) is 56.8 Å². The van der Waals surface area contributed by atoms with Gasteiger partial charge in [-0.2, -0.15) is 0 Å². The van der Waals surface area contributed by atoms with Crippen LogP contribution in [-0.4, -0.2) is 45.2 Å². The molecule has 6 heteroatoms. The number of likely N-dealkylation sites (N-methyl/N-ethyl adjacent to an activating group) is 1. The van der Waals surface area contributed by atoms with Crippen molar-refractivity contribution in [1.29, 1.82) is 0 Å². The van der Waals surface area contributed by atoms with Crippen molar-refractivity contribution < 1.29 is 19.0 Å². The second-order valence-electron chi connectivity index (χ2n) is 6.65. The Bertz CT molecular complexity index is 762. The van der Waals surface area contributed by atoms with Crippen LogP contribution in [0.4, 0.5) is 0 Å². The number of carbonyl (C=O) groups is 1. The number of nitrogens with zero attached hydrogens (tertiary/aromatic N) is 1. The maximum atomic E-state index is 12.5. The minimum absolute atomic E-state index is 0.0502. The van der Waals surface area contributed by atoms with E-state index in [0.717, 1.165) is 28.4 Å². The molecule has 152 valence electrons. The van der Waals surface area contributed by atoms with Crippen molar-refractivity contribution >= 4 is 5.91 Å². The summed E-state index contributed by atoms with van der Waals surface area (Å²) in [6.07, 6.45) is 0. The Morgan fingerprint density at radius 1 is 1.07 bits per heavy atom. The van der Waals surface area contributed by atoms with Gasteiger partial charge in [-0.3, -0.25) is 9.69 Å². The highest BCUT2D eigenvalue weighted by Crippen LogP contribution is 2.29. The molecule has 1 unspecified atom stereocenters. The van der Waals surface area contributed by atoms with E-state index in [1.54, 1.807) is 14.2 Å². The minimum atomic E-state index is -0.198. The number of nitrogens with one attached hydrogen (secondary N) is 1. The number of carbonyl (C=O) groups excluding carboxylic acids is 1. The van der Waals surface area contributed by atoms with Crippen LogP contribution in [-0.2, 0) is 11.3 Å². The van der Waals surface area contributed by atoms with Gasteiger partial charge in [-0.1, -0.05) is 12.1 Å². The molecule has 0 aliphatic rings. The lowest BCUT2D eigenvalue weighted by Crippen LogP contribution is -2.36. The van der Waals surface area contributed by atoms with Gasteiger partial charge >= 0.3 is 0 Å². The molecule has 0 fully saturated rings. The fraction of sp³-hybridized carbons (Fsp3) is 0.409. The highest BCUT2D eigenvalue weighted by atomic mass is 16.5. The molecule has 2 aromatic carbocycles. The van der Waals surface area contributed by atoms with Gasteiger partial charge in [0, 0.05) is 12.1 Å². The van der Waals surface area contributed by atoms with Gasteiger partial charge in [0.1, 0.15) is 17.2 Å². The zero-order valence-corrected chi connectivity index (χ0v) is 17.3. The molecule has 0 saturated heterocycles. The first-order valence-corrected chi connectivity index (χ1v) is 9.38. The second kappa shape index (κ2) is 10.6. The molecular formula is C22H30N2O4. The summed E-state index contributed by atoms with van der Waals surface area (Å²) in [5.74, 6) is 2.25. The molecule has 0 saturated carbocycles. The third-order valence-corrected chi connectivity index (χ3v) is 4.38. The van der Waals surface area contributed by atoms with Crippen LogP contribution in [0.25, 0.3) is 0 Å². The number of hydrogen-bond donors (Lipinski definition) is 1. The maximum absolute atomic E-state index is 12.5. The number of ether oxygens (including phenoxy) is 3. The lowest BCUT2D eigenvalue weighted by atomic mass is 10.1. The van der Waals surface area contributed by atoms with Gasteiger partial charge in [0.2, 0.25) is 5.91 Å². The number of benzene rings is 2. The minimum Gasteiger partial charge on any atom is -0.497 e. The number of methoxy groups -OCH3 is 2. The van der Waals surface area contributed by atoms with Gasteiger partial charge in [0.15, 0.2) is 0 Å². The summed E-state index contributed by atoms with van der Waals surface area (Å²) in [5.41, 5.74) is 2.01. The Kier molecular flexibility index (Phi) is 8.14. The van der Waals surface area contributed by atoms with Crippen LogP contribution in [0.1, 0.15) is 31.0 Å². The average Bonchev–Trinajstić information content (AvgIpc) is 2.68. The standard InChI is InChI=1S/C22H30N2O4/c1-6-28-18-9-7-17(8-10-18)14-24(3)15-22(25)23-16(2)20-13-19(26-4)11-12-21(20)27-5/h7-13,16H,6,14-15H2,1-5H3,(H,23,25). The molecule has 0 bridgehead atoms. The summed E-state index contributed by atoms with van der Waals surface area (Å²) in [5, 5.41) is 3.03. The summed E-state index contributed by atoms with van der Waals surface area (Å²) in [6, 6.07) is 13.3. The number of rotatable bonds is 10. The molecule has 0 spiro atoms. The average molecular weight is 386 g/mol. The third-order valence-electron chi connectivity index (χ3n) is 4.38. The van der Waals surface area contributed by atoms with Crippen LogP contribution in [0, 0.1) is 0 Å². The molecule has 1 atom stereocenters. The van der Waals surface area contributed by atoms with Crippen molar-refractivity contribution in [3.05, 3.63) is 53.6 Å². The van der Waals surface area contributed by atoms with Crippen molar-refractivity contribution in [3.8, 4) is 17.2 Å². The zero-order valence-electron chi connectivity index (χ0n) is 17.3. The SMILES string of the molecule is CCOc1ccc(CN(C)CC(=O)NC(C)c2cc(OC)ccc2OC)cc1. The summed E-state index contributed by atoms with van der Waals surface area (Å²) in [6.45, 7) is 5.51. The Labute approximate surface area is 167 Å². The van der Waals surface area contributed by atoms with Crippen LogP contribution in [0.15, 0.2) is 42.5 Å². The van der Waals surface area contributed by atoms with E-state index in [4.69, 9.17) is 14.2 Å². The van der Waals surface area contributed by atoms with Crippen LogP contribution in [0.2, 0.25) is 0 Å². The van der Waals surface area contributed by atoms with Crippen molar-refractivity contribution in [3.63, 3.8) is 0 Å². The smallest absolute Gasteiger partial charge is 0.234 e. The van der Waals surface area contributed by atoms with E-state index in [1.807, 2.05) is 68.3 Å². The van der Waals surface area contributed by atoms with E-state index in [2.05, 4.69) is 5.32 Å². The van der Waals surface area contributed by atoms with E-state index < -0.39 is 0 Å². The highest BCUT2D eigenvalue weighted by Gasteiger charge is 2.16. The third kappa shape index (κ3) is 6.16. The fourth-order valence-electron chi connectivity index (χ4n) is 3.01. The first-order valence-electron chi connectivity index (χ1n) is 9.38. The quantitative estimate of drug-likeness (QED) is 0.678. The summed E-state index contributed by atoms with van der Waals surface area (Å²) in [7, 11) is 5.15. The van der Waals surface area contributed by atoms with Crippen molar-refractivity contribution in [2.75, 3.05) is 34.4 Å². The monoisotopic (exact) mass is 386 g/mol. The molecule has 0 aliphatic carbocycles. The molecule has 0 radical (unpaired) electrons. The molecule has 6 nitrogen and oxygen atoms in total. The van der Waals surface area contributed by atoms with Crippen molar-refractivity contribution in [1.82, 2.24) is 10.2 Å². The fourth-order valence-corrected chi connectivity index (χ4v) is 3.01. The molecular weight excluding hydrogens is 356 g/mol. The van der Waals surface area contributed by atoms with Crippen LogP contribution < -0.4 is 19.5 Å².